The standard InChI is InChI=1S/C27H26FN5O3/c1-17-21(15-30-26(35)20-6-2-3-7-22(20)28)19-10-12-32(16-18(19)14-29-17)25(34)11-13-33-24-9-5-4-8-23(24)31-27(33)36/h2-9,14H,10-13,15-16H2,1H3,(H,30,35)(H,31,36). The van der Waals surface area contributed by atoms with Crippen LogP contribution in [-0.4, -0.2) is 37.8 Å². The van der Waals surface area contributed by atoms with E-state index in [9.17, 15) is 18.8 Å². The Morgan fingerprint density at radius 1 is 1.14 bits per heavy atom. The molecular weight excluding hydrogens is 461 g/mol. The van der Waals surface area contributed by atoms with Gasteiger partial charge in [-0.3, -0.25) is 19.1 Å². The average molecular weight is 488 g/mol. The number of hydrogen-bond donors (Lipinski definition) is 2. The Bertz CT molecular complexity index is 1520. The number of halogens is 1. The lowest BCUT2D eigenvalue weighted by Gasteiger charge is -2.30. The van der Waals surface area contributed by atoms with Crippen molar-refractivity contribution in [3.05, 3.63) is 99.0 Å². The number of H-pyrrole nitrogens is 1. The van der Waals surface area contributed by atoms with Gasteiger partial charge in [0.2, 0.25) is 5.91 Å². The summed E-state index contributed by atoms with van der Waals surface area (Å²) in [6.45, 7) is 3.35. The lowest BCUT2D eigenvalue weighted by atomic mass is 9.94. The van der Waals surface area contributed by atoms with Gasteiger partial charge in [-0.15, -0.1) is 0 Å². The first-order valence-electron chi connectivity index (χ1n) is 11.9. The van der Waals surface area contributed by atoms with Crippen molar-refractivity contribution in [3.63, 3.8) is 0 Å². The van der Waals surface area contributed by atoms with Gasteiger partial charge in [0.05, 0.1) is 16.6 Å². The van der Waals surface area contributed by atoms with Gasteiger partial charge in [-0.05, 0) is 54.3 Å². The molecule has 2 amide bonds. The summed E-state index contributed by atoms with van der Waals surface area (Å²) in [6.07, 6.45) is 2.61. The highest BCUT2D eigenvalue weighted by atomic mass is 19.1. The van der Waals surface area contributed by atoms with E-state index in [1.165, 1.54) is 12.1 Å². The Hall–Kier alpha value is -4.27. The van der Waals surface area contributed by atoms with E-state index in [1.54, 1.807) is 27.8 Å². The van der Waals surface area contributed by atoms with Crippen molar-refractivity contribution >= 4 is 22.8 Å². The first-order chi connectivity index (χ1) is 17.4. The number of pyridine rings is 1. The molecule has 2 N–H and O–H groups in total. The maximum Gasteiger partial charge on any atom is 0.326 e. The number of aromatic nitrogens is 3. The Balaban J connectivity index is 1.26. The van der Waals surface area contributed by atoms with Crippen molar-refractivity contribution in [2.75, 3.05) is 6.54 Å². The molecule has 36 heavy (non-hydrogen) atoms. The number of rotatable bonds is 6. The smallest absolute Gasteiger partial charge is 0.326 e. The van der Waals surface area contributed by atoms with Crippen LogP contribution in [0.4, 0.5) is 4.39 Å². The quantitative estimate of drug-likeness (QED) is 0.437. The predicted molar refractivity (Wildman–Crippen MR) is 133 cm³/mol. The average Bonchev–Trinajstić information content (AvgIpc) is 3.21. The molecule has 3 heterocycles. The van der Waals surface area contributed by atoms with Gasteiger partial charge >= 0.3 is 5.69 Å². The van der Waals surface area contributed by atoms with E-state index in [0.717, 1.165) is 33.4 Å². The summed E-state index contributed by atoms with van der Waals surface area (Å²) in [5, 5.41) is 2.80. The van der Waals surface area contributed by atoms with E-state index < -0.39 is 11.7 Å². The third-order valence-electron chi connectivity index (χ3n) is 6.72. The zero-order valence-corrected chi connectivity index (χ0v) is 19.9. The van der Waals surface area contributed by atoms with Crippen LogP contribution in [-0.2, 0) is 30.8 Å². The second-order valence-electron chi connectivity index (χ2n) is 8.90. The molecule has 5 rings (SSSR count). The zero-order valence-electron chi connectivity index (χ0n) is 19.9. The van der Waals surface area contributed by atoms with Crippen LogP contribution in [0.3, 0.4) is 0 Å². The van der Waals surface area contributed by atoms with E-state index in [0.29, 0.717) is 26.1 Å². The second kappa shape index (κ2) is 9.77. The maximum absolute atomic E-state index is 14.0. The van der Waals surface area contributed by atoms with Gasteiger partial charge in [0.25, 0.3) is 5.91 Å². The van der Waals surface area contributed by atoms with Crippen LogP contribution < -0.4 is 11.0 Å². The van der Waals surface area contributed by atoms with Gasteiger partial charge in [0, 0.05) is 44.5 Å². The minimum absolute atomic E-state index is 0.000935. The molecule has 0 atom stereocenters. The van der Waals surface area contributed by atoms with Crippen LogP contribution in [0, 0.1) is 12.7 Å². The number of amides is 2. The fourth-order valence-corrected chi connectivity index (χ4v) is 4.77. The first-order valence-corrected chi connectivity index (χ1v) is 11.9. The fraction of sp³-hybridized carbons (Fsp3) is 0.259. The molecule has 184 valence electrons. The molecule has 2 aromatic carbocycles. The Kier molecular flexibility index (Phi) is 6.37. The third kappa shape index (κ3) is 4.51. The molecule has 0 saturated carbocycles. The van der Waals surface area contributed by atoms with Crippen molar-refractivity contribution in [3.8, 4) is 0 Å². The molecule has 8 nitrogen and oxygen atoms in total. The maximum atomic E-state index is 14.0. The van der Waals surface area contributed by atoms with Gasteiger partial charge in [-0.25, -0.2) is 9.18 Å². The number of carbonyl (C=O) groups is 2. The van der Waals surface area contributed by atoms with Crippen molar-refractivity contribution in [2.45, 2.75) is 39.4 Å². The van der Waals surface area contributed by atoms with Crippen LogP contribution in [0.5, 0.6) is 0 Å². The van der Waals surface area contributed by atoms with Gasteiger partial charge in [-0.2, -0.15) is 0 Å². The van der Waals surface area contributed by atoms with Crippen LogP contribution in [0.1, 0.15) is 39.2 Å². The molecule has 0 saturated heterocycles. The fourth-order valence-electron chi connectivity index (χ4n) is 4.77. The van der Waals surface area contributed by atoms with Crippen LogP contribution in [0.25, 0.3) is 11.0 Å². The molecular formula is C27H26FN5O3. The summed E-state index contributed by atoms with van der Waals surface area (Å²) in [5.74, 6) is -1.08. The third-order valence-corrected chi connectivity index (χ3v) is 6.72. The monoisotopic (exact) mass is 487 g/mol. The summed E-state index contributed by atoms with van der Waals surface area (Å²) in [6, 6.07) is 13.3. The van der Waals surface area contributed by atoms with E-state index in [1.807, 2.05) is 31.2 Å². The first kappa shape index (κ1) is 23.5. The zero-order chi connectivity index (χ0) is 25.2. The molecule has 0 fully saturated rings. The summed E-state index contributed by atoms with van der Waals surface area (Å²) in [5.41, 5.74) is 4.98. The number of hydrogen-bond acceptors (Lipinski definition) is 4. The highest BCUT2D eigenvalue weighted by molar-refractivity contribution is 5.94. The SMILES string of the molecule is Cc1ncc2c(c1CNC(=O)c1ccccc1F)CCN(C(=O)CCn1c(=O)[nH]c3ccccc31)C2. The number of imidazole rings is 1. The van der Waals surface area contributed by atoms with Crippen molar-refractivity contribution in [1.82, 2.24) is 24.8 Å². The van der Waals surface area contributed by atoms with Gasteiger partial charge in [0.15, 0.2) is 0 Å². The number of nitrogens with zero attached hydrogens (tertiary/aromatic N) is 3. The number of fused-ring (bicyclic) bond motifs is 2. The Labute approximate surface area is 206 Å². The number of para-hydroxylation sites is 2. The predicted octanol–water partition coefficient (Wildman–Crippen LogP) is 3.08. The van der Waals surface area contributed by atoms with E-state index in [4.69, 9.17) is 0 Å². The molecule has 9 heteroatoms. The molecule has 4 aromatic rings. The Morgan fingerprint density at radius 3 is 2.75 bits per heavy atom. The highest BCUT2D eigenvalue weighted by Crippen LogP contribution is 2.25. The lowest BCUT2D eigenvalue weighted by molar-refractivity contribution is -0.132. The topological polar surface area (TPSA) is 100 Å². The number of aryl methyl sites for hydroxylation is 2. The summed E-state index contributed by atoms with van der Waals surface area (Å²) >= 11 is 0. The van der Waals surface area contributed by atoms with E-state index in [-0.39, 0.29) is 30.1 Å². The van der Waals surface area contributed by atoms with Gasteiger partial charge in [0.1, 0.15) is 5.82 Å². The van der Waals surface area contributed by atoms with Crippen LogP contribution in [0.2, 0.25) is 0 Å². The number of carbonyl (C=O) groups excluding carboxylic acids is 2. The Morgan fingerprint density at radius 2 is 1.92 bits per heavy atom. The largest absolute Gasteiger partial charge is 0.348 e. The molecule has 1 aliphatic rings. The molecule has 0 spiro atoms. The van der Waals surface area contributed by atoms with Gasteiger partial charge in [-0.1, -0.05) is 24.3 Å². The van der Waals surface area contributed by atoms with E-state index >= 15 is 0 Å². The summed E-state index contributed by atoms with van der Waals surface area (Å²) in [7, 11) is 0. The summed E-state index contributed by atoms with van der Waals surface area (Å²) < 4.78 is 15.5. The number of benzene rings is 2. The highest BCUT2D eigenvalue weighted by Gasteiger charge is 2.24. The minimum atomic E-state index is -0.566. The van der Waals surface area contributed by atoms with Crippen LogP contribution in [0.15, 0.2) is 59.5 Å². The summed E-state index contributed by atoms with van der Waals surface area (Å²) in [4.78, 5) is 46.8. The lowest BCUT2D eigenvalue weighted by Crippen LogP contribution is -2.37. The van der Waals surface area contributed by atoms with Crippen LogP contribution >= 0.6 is 0 Å². The molecule has 2 aromatic heterocycles. The number of nitrogens with one attached hydrogen (secondary N) is 2. The van der Waals surface area contributed by atoms with E-state index in [2.05, 4.69) is 15.3 Å². The molecule has 0 bridgehead atoms. The second-order valence-corrected chi connectivity index (χ2v) is 8.90. The van der Waals surface area contributed by atoms with Crippen molar-refractivity contribution < 1.29 is 14.0 Å². The molecule has 0 radical (unpaired) electrons. The van der Waals surface area contributed by atoms with Crippen molar-refractivity contribution in [2.24, 2.45) is 0 Å². The number of aromatic amines is 1. The normalized spacial score (nSPS) is 13.0. The van der Waals surface area contributed by atoms with Gasteiger partial charge < -0.3 is 15.2 Å². The van der Waals surface area contributed by atoms with Crippen molar-refractivity contribution in [1.29, 1.82) is 0 Å². The molecule has 1 aliphatic heterocycles. The molecule has 0 unspecified atom stereocenters. The molecule has 0 aliphatic carbocycles. The minimum Gasteiger partial charge on any atom is -0.348 e.